The van der Waals surface area contributed by atoms with Gasteiger partial charge in [0.1, 0.15) is 17.5 Å². The van der Waals surface area contributed by atoms with E-state index in [0.717, 1.165) is 0 Å². The lowest BCUT2D eigenvalue weighted by molar-refractivity contribution is -0.127. The summed E-state index contributed by atoms with van der Waals surface area (Å²) in [5, 5.41) is 9.46. The van der Waals surface area contributed by atoms with Crippen LogP contribution in [-0.4, -0.2) is 16.8 Å². The van der Waals surface area contributed by atoms with Crippen LogP contribution < -0.4 is 5.73 Å². The van der Waals surface area contributed by atoms with E-state index in [1.54, 1.807) is 0 Å². The van der Waals surface area contributed by atoms with Crippen LogP contribution >= 0.6 is 11.6 Å². The second-order valence-corrected chi connectivity index (χ2v) is 3.56. The third kappa shape index (κ3) is 2.47. The topological polar surface area (TPSA) is 80.4 Å². The van der Waals surface area contributed by atoms with E-state index in [0.29, 0.717) is 0 Å². The van der Waals surface area contributed by atoms with Crippen LogP contribution in [0.1, 0.15) is 18.4 Å². The van der Waals surface area contributed by atoms with Crippen molar-refractivity contribution in [3.63, 3.8) is 0 Å². The molecule has 5 heteroatoms. The van der Waals surface area contributed by atoms with Gasteiger partial charge in [-0.05, 0) is 30.7 Å². The standard InChI is InChI=1S/C10H10ClNO3/c1-5(13)9(10(12)15)7-4-6(14)2-3-8(7)11/h2-4,9,14H,1H3,(H2,12,15). The first kappa shape index (κ1) is 11.5. The lowest BCUT2D eigenvalue weighted by Crippen LogP contribution is -2.27. The molecule has 0 aliphatic heterocycles. The van der Waals surface area contributed by atoms with E-state index in [1.807, 2.05) is 0 Å². The number of benzene rings is 1. The van der Waals surface area contributed by atoms with Crippen LogP contribution in [0.5, 0.6) is 5.75 Å². The molecular formula is C10H10ClNO3. The molecule has 1 unspecified atom stereocenters. The molecule has 0 bridgehead atoms. The molecule has 1 aromatic carbocycles. The molecule has 1 amide bonds. The van der Waals surface area contributed by atoms with Gasteiger partial charge in [0.15, 0.2) is 0 Å². The summed E-state index contributed by atoms with van der Waals surface area (Å²) in [7, 11) is 0. The monoisotopic (exact) mass is 227 g/mol. The summed E-state index contributed by atoms with van der Waals surface area (Å²) in [6.07, 6.45) is 0. The van der Waals surface area contributed by atoms with E-state index in [9.17, 15) is 14.7 Å². The molecule has 0 aliphatic carbocycles. The molecule has 1 atom stereocenters. The minimum atomic E-state index is -1.11. The number of primary amides is 1. The number of nitrogens with two attached hydrogens (primary N) is 1. The van der Waals surface area contributed by atoms with E-state index in [2.05, 4.69) is 0 Å². The van der Waals surface area contributed by atoms with Gasteiger partial charge in [-0.3, -0.25) is 9.59 Å². The highest BCUT2D eigenvalue weighted by Gasteiger charge is 2.25. The maximum Gasteiger partial charge on any atom is 0.232 e. The molecule has 0 saturated heterocycles. The predicted octanol–water partition coefficient (Wildman–Crippen LogP) is 1.20. The second kappa shape index (κ2) is 4.31. The molecule has 3 N–H and O–H groups in total. The fourth-order valence-electron chi connectivity index (χ4n) is 1.32. The summed E-state index contributed by atoms with van der Waals surface area (Å²) < 4.78 is 0. The Bertz CT molecular complexity index is 403. The lowest BCUT2D eigenvalue weighted by atomic mass is 9.94. The maximum absolute atomic E-state index is 11.2. The van der Waals surface area contributed by atoms with Gasteiger partial charge >= 0.3 is 0 Å². The van der Waals surface area contributed by atoms with Crippen molar-refractivity contribution in [1.82, 2.24) is 0 Å². The Balaban J connectivity index is 3.28. The predicted molar refractivity (Wildman–Crippen MR) is 55.7 cm³/mol. The number of aromatic hydroxyl groups is 1. The highest BCUT2D eigenvalue weighted by molar-refractivity contribution is 6.32. The average molecular weight is 228 g/mol. The fourth-order valence-corrected chi connectivity index (χ4v) is 1.55. The third-order valence-corrected chi connectivity index (χ3v) is 2.33. The molecule has 15 heavy (non-hydrogen) atoms. The summed E-state index contributed by atoms with van der Waals surface area (Å²) in [6.45, 7) is 1.25. The molecule has 0 aromatic heterocycles. The van der Waals surface area contributed by atoms with Gasteiger partial charge in [0.25, 0.3) is 0 Å². The van der Waals surface area contributed by atoms with Gasteiger partial charge < -0.3 is 10.8 Å². The maximum atomic E-state index is 11.2. The van der Waals surface area contributed by atoms with Crippen LogP contribution in [0.25, 0.3) is 0 Å². The van der Waals surface area contributed by atoms with Crippen molar-refractivity contribution in [1.29, 1.82) is 0 Å². The number of carbonyl (C=O) groups is 2. The van der Waals surface area contributed by atoms with Gasteiger partial charge in [-0.2, -0.15) is 0 Å². The van der Waals surface area contributed by atoms with Crippen molar-refractivity contribution in [2.75, 3.05) is 0 Å². The van der Waals surface area contributed by atoms with Gasteiger partial charge in [0.05, 0.1) is 0 Å². The number of Topliss-reactive ketones (excluding diaryl/α,β-unsaturated/α-hetero) is 1. The van der Waals surface area contributed by atoms with E-state index >= 15 is 0 Å². The molecule has 0 fully saturated rings. The Morgan fingerprint density at radius 1 is 1.47 bits per heavy atom. The summed E-state index contributed by atoms with van der Waals surface area (Å²) in [5.41, 5.74) is 5.32. The molecule has 0 aliphatic rings. The van der Waals surface area contributed by atoms with Crippen LogP contribution in [0.4, 0.5) is 0 Å². The van der Waals surface area contributed by atoms with Crippen LogP contribution in [-0.2, 0) is 9.59 Å². The number of hydrogen-bond donors (Lipinski definition) is 2. The molecule has 0 spiro atoms. The fraction of sp³-hybridized carbons (Fsp3) is 0.200. The van der Waals surface area contributed by atoms with Crippen LogP contribution in [0, 0.1) is 0 Å². The zero-order valence-electron chi connectivity index (χ0n) is 8.03. The van der Waals surface area contributed by atoms with Crippen LogP contribution in [0.2, 0.25) is 5.02 Å². The lowest BCUT2D eigenvalue weighted by Gasteiger charge is -2.12. The van der Waals surface area contributed by atoms with Crippen molar-refractivity contribution in [2.45, 2.75) is 12.8 Å². The first-order valence-electron chi connectivity index (χ1n) is 4.21. The van der Waals surface area contributed by atoms with Gasteiger partial charge in [-0.25, -0.2) is 0 Å². The quantitative estimate of drug-likeness (QED) is 0.762. The second-order valence-electron chi connectivity index (χ2n) is 3.15. The van der Waals surface area contributed by atoms with Gasteiger partial charge in [-0.1, -0.05) is 11.6 Å². The van der Waals surface area contributed by atoms with Gasteiger partial charge in [-0.15, -0.1) is 0 Å². The first-order chi connectivity index (χ1) is 6.93. The van der Waals surface area contributed by atoms with Crippen molar-refractivity contribution in [3.8, 4) is 5.75 Å². The minimum Gasteiger partial charge on any atom is -0.508 e. The molecule has 80 valence electrons. The summed E-state index contributed by atoms with van der Waals surface area (Å²) in [5.74, 6) is -2.36. The van der Waals surface area contributed by atoms with E-state index < -0.39 is 17.6 Å². The van der Waals surface area contributed by atoms with Crippen LogP contribution in [0.3, 0.4) is 0 Å². The number of phenols is 1. The number of phenolic OH excluding ortho intramolecular Hbond substituents is 1. The van der Waals surface area contributed by atoms with Crippen molar-refractivity contribution in [3.05, 3.63) is 28.8 Å². The Kier molecular flexibility index (Phi) is 3.31. The summed E-state index contributed by atoms with van der Waals surface area (Å²) >= 11 is 5.81. The van der Waals surface area contributed by atoms with Gasteiger partial charge in [0.2, 0.25) is 5.91 Å². The smallest absolute Gasteiger partial charge is 0.232 e. The summed E-state index contributed by atoms with van der Waals surface area (Å²) in [4.78, 5) is 22.3. The number of amides is 1. The van der Waals surface area contributed by atoms with Crippen molar-refractivity contribution >= 4 is 23.3 Å². The summed E-state index contributed by atoms with van der Waals surface area (Å²) in [6, 6.07) is 4.04. The molecule has 4 nitrogen and oxygen atoms in total. The molecule has 0 radical (unpaired) electrons. The van der Waals surface area contributed by atoms with Gasteiger partial charge in [0, 0.05) is 5.02 Å². The Morgan fingerprint density at radius 2 is 2.07 bits per heavy atom. The first-order valence-corrected chi connectivity index (χ1v) is 4.59. The van der Waals surface area contributed by atoms with Crippen molar-refractivity contribution < 1.29 is 14.7 Å². The number of hydrogen-bond acceptors (Lipinski definition) is 3. The van der Waals surface area contributed by atoms with E-state index in [-0.39, 0.29) is 16.3 Å². The SMILES string of the molecule is CC(=O)C(C(N)=O)c1cc(O)ccc1Cl. The molecular weight excluding hydrogens is 218 g/mol. The Morgan fingerprint density at radius 3 is 2.53 bits per heavy atom. The Hall–Kier alpha value is -1.55. The Labute approximate surface area is 91.7 Å². The zero-order valence-corrected chi connectivity index (χ0v) is 8.78. The number of ketones is 1. The normalized spacial score (nSPS) is 12.1. The average Bonchev–Trinajstić information content (AvgIpc) is 2.10. The third-order valence-electron chi connectivity index (χ3n) is 1.98. The van der Waals surface area contributed by atoms with Crippen LogP contribution in [0.15, 0.2) is 18.2 Å². The highest BCUT2D eigenvalue weighted by atomic mass is 35.5. The molecule has 0 saturated carbocycles. The number of carbonyl (C=O) groups excluding carboxylic acids is 2. The largest absolute Gasteiger partial charge is 0.508 e. The number of rotatable bonds is 3. The van der Waals surface area contributed by atoms with E-state index in [1.165, 1.54) is 25.1 Å². The number of halogens is 1. The molecule has 1 rings (SSSR count). The molecule has 0 heterocycles. The zero-order chi connectivity index (χ0) is 11.6. The van der Waals surface area contributed by atoms with E-state index in [4.69, 9.17) is 17.3 Å². The minimum absolute atomic E-state index is 0.0677. The molecule has 1 aromatic rings. The highest BCUT2D eigenvalue weighted by Crippen LogP contribution is 2.28. The van der Waals surface area contributed by atoms with Crippen molar-refractivity contribution in [2.24, 2.45) is 5.73 Å².